The summed E-state index contributed by atoms with van der Waals surface area (Å²) in [6, 6.07) is 0. The van der Waals surface area contributed by atoms with Crippen LogP contribution in [0.25, 0.3) is 5.52 Å². The predicted octanol–water partition coefficient (Wildman–Crippen LogP) is 0.836. The highest BCUT2D eigenvalue weighted by atomic mass is 16.1. The first kappa shape index (κ1) is 9.89. The lowest BCUT2D eigenvalue weighted by atomic mass is 10.2. The number of fused-ring (bicyclic) bond motifs is 1. The van der Waals surface area contributed by atoms with Gasteiger partial charge in [0.1, 0.15) is 11.3 Å². The lowest BCUT2D eigenvalue weighted by molar-refractivity contribution is 0.583. The second kappa shape index (κ2) is 3.18. The number of rotatable bonds is 1. The first-order valence-corrected chi connectivity index (χ1v) is 5.00. The largest absolute Gasteiger partial charge is 0.293 e. The molecular formula is C10H14N4O. The van der Waals surface area contributed by atoms with Crippen molar-refractivity contribution in [1.82, 2.24) is 19.4 Å². The van der Waals surface area contributed by atoms with E-state index < -0.39 is 0 Å². The smallest absolute Gasteiger partial charge is 0.265 e. The van der Waals surface area contributed by atoms with Gasteiger partial charge in [0.2, 0.25) is 0 Å². The standard InChI is InChI=1S/C10H14N4O/c1-5-13-10(15)9-6(2)7(3)11-14(9)8(4)12-13/h5H2,1-4H3. The Hall–Kier alpha value is -1.65. The van der Waals surface area contributed by atoms with Gasteiger partial charge < -0.3 is 0 Å². The zero-order chi connectivity index (χ0) is 11.2. The molecular weight excluding hydrogens is 192 g/mol. The normalized spacial score (nSPS) is 11.2. The minimum Gasteiger partial charge on any atom is -0.265 e. The maximum absolute atomic E-state index is 12.0. The van der Waals surface area contributed by atoms with E-state index in [1.54, 1.807) is 4.52 Å². The van der Waals surface area contributed by atoms with Gasteiger partial charge in [0, 0.05) is 12.1 Å². The van der Waals surface area contributed by atoms with Gasteiger partial charge in [-0.3, -0.25) is 4.79 Å². The van der Waals surface area contributed by atoms with Gasteiger partial charge in [-0.25, -0.2) is 9.20 Å². The van der Waals surface area contributed by atoms with E-state index in [2.05, 4.69) is 10.2 Å². The van der Waals surface area contributed by atoms with E-state index >= 15 is 0 Å². The van der Waals surface area contributed by atoms with E-state index in [0.717, 1.165) is 17.1 Å². The fraction of sp³-hybridized carbons (Fsp3) is 0.500. The molecule has 15 heavy (non-hydrogen) atoms. The molecule has 0 saturated heterocycles. The molecule has 80 valence electrons. The molecule has 0 bridgehead atoms. The fourth-order valence-electron chi connectivity index (χ4n) is 1.69. The predicted molar refractivity (Wildman–Crippen MR) is 57.1 cm³/mol. The van der Waals surface area contributed by atoms with Crippen molar-refractivity contribution in [2.75, 3.05) is 0 Å². The SMILES string of the molecule is CCn1nc(C)n2nc(C)c(C)c2c1=O. The third-order valence-electron chi connectivity index (χ3n) is 2.67. The van der Waals surface area contributed by atoms with Gasteiger partial charge >= 0.3 is 0 Å². The van der Waals surface area contributed by atoms with Gasteiger partial charge in [-0.1, -0.05) is 0 Å². The number of nitrogens with zero attached hydrogens (tertiary/aromatic N) is 4. The maximum Gasteiger partial charge on any atom is 0.293 e. The highest BCUT2D eigenvalue weighted by Gasteiger charge is 2.13. The van der Waals surface area contributed by atoms with Gasteiger partial charge in [-0.2, -0.15) is 10.2 Å². The summed E-state index contributed by atoms with van der Waals surface area (Å²) < 4.78 is 3.10. The second-order valence-electron chi connectivity index (χ2n) is 3.64. The summed E-state index contributed by atoms with van der Waals surface area (Å²) in [7, 11) is 0. The molecule has 0 aliphatic carbocycles. The van der Waals surface area contributed by atoms with E-state index in [4.69, 9.17) is 0 Å². The lowest BCUT2D eigenvalue weighted by Crippen LogP contribution is -2.26. The van der Waals surface area contributed by atoms with E-state index in [0.29, 0.717) is 12.1 Å². The minimum absolute atomic E-state index is 0.0683. The molecule has 0 atom stereocenters. The highest BCUT2D eigenvalue weighted by Crippen LogP contribution is 2.10. The molecule has 5 nitrogen and oxygen atoms in total. The van der Waals surface area contributed by atoms with Crippen molar-refractivity contribution in [3.05, 3.63) is 27.4 Å². The quantitative estimate of drug-likeness (QED) is 0.694. The molecule has 2 aromatic rings. The van der Waals surface area contributed by atoms with Crippen LogP contribution >= 0.6 is 0 Å². The maximum atomic E-state index is 12.0. The number of hydrogen-bond acceptors (Lipinski definition) is 3. The van der Waals surface area contributed by atoms with Crippen molar-refractivity contribution in [3.63, 3.8) is 0 Å². The Morgan fingerprint density at radius 2 is 1.87 bits per heavy atom. The second-order valence-corrected chi connectivity index (χ2v) is 3.64. The molecule has 0 fully saturated rings. The molecule has 0 N–H and O–H groups in total. The topological polar surface area (TPSA) is 52.2 Å². The number of aryl methyl sites for hydroxylation is 4. The van der Waals surface area contributed by atoms with Gasteiger partial charge in [0.05, 0.1) is 5.69 Å². The molecule has 0 spiro atoms. The summed E-state index contributed by atoms with van der Waals surface area (Å²) in [6.45, 7) is 8.16. The van der Waals surface area contributed by atoms with Crippen LogP contribution in [0.1, 0.15) is 24.0 Å². The summed E-state index contributed by atoms with van der Waals surface area (Å²) >= 11 is 0. The Balaban J connectivity index is 3.01. The molecule has 0 unspecified atom stereocenters. The van der Waals surface area contributed by atoms with Crippen LogP contribution in [0.15, 0.2) is 4.79 Å². The van der Waals surface area contributed by atoms with Crippen molar-refractivity contribution in [2.45, 2.75) is 34.2 Å². The zero-order valence-electron chi connectivity index (χ0n) is 9.40. The first-order valence-electron chi connectivity index (χ1n) is 5.00. The molecule has 5 heteroatoms. The van der Waals surface area contributed by atoms with Gasteiger partial charge in [0.25, 0.3) is 5.56 Å². The average molecular weight is 206 g/mol. The Morgan fingerprint density at radius 1 is 1.20 bits per heavy atom. The van der Waals surface area contributed by atoms with Gasteiger partial charge in [-0.15, -0.1) is 0 Å². The van der Waals surface area contributed by atoms with Crippen LogP contribution in [0.4, 0.5) is 0 Å². The Kier molecular flexibility index (Phi) is 2.10. The van der Waals surface area contributed by atoms with Crippen LogP contribution in [0, 0.1) is 20.8 Å². The number of aromatic nitrogens is 4. The van der Waals surface area contributed by atoms with Crippen LogP contribution in [-0.4, -0.2) is 19.4 Å². The average Bonchev–Trinajstić information content (AvgIpc) is 2.50. The molecule has 2 rings (SSSR count). The van der Waals surface area contributed by atoms with Crippen LogP contribution < -0.4 is 5.56 Å². The Bertz CT molecular complexity index is 579. The molecule has 0 aromatic carbocycles. The van der Waals surface area contributed by atoms with Gasteiger partial charge in [0.15, 0.2) is 0 Å². The van der Waals surface area contributed by atoms with Crippen LogP contribution in [-0.2, 0) is 6.54 Å². The van der Waals surface area contributed by atoms with Gasteiger partial charge in [-0.05, 0) is 27.7 Å². The molecule has 2 aromatic heterocycles. The molecule has 0 radical (unpaired) electrons. The summed E-state index contributed by atoms with van der Waals surface area (Å²) in [5.74, 6) is 0.739. The number of hydrogen-bond donors (Lipinski definition) is 0. The van der Waals surface area contributed by atoms with Crippen molar-refractivity contribution < 1.29 is 0 Å². The van der Waals surface area contributed by atoms with E-state index in [9.17, 15) is 4.79 Å². The van der Waals surface area contributed by atoms with Crippen LogP contribution in [0.2, 0.25) is 0 Å². The third-order valence-corrected chi connectivity index (χ3v) is 2.67. The lowest BCUT2D eigenvalue weighted by Gasteiger charge is -2.04. The van der Waals surface area contributed by atoms with Crippen molar-refractivity contribution >= 4 is 5.52 Å². The fourth-order valence-corrected chi connectivity index (χ4v) is 1.69. The van der Waals surface area contributed by atoms with Crippen molar-refractivity contribution in [1.29, 1.82) is 0 Å². The third kappa shape index (κ3) is 1.26. The Labute approximate surface area is 87.3 Å². The molecule has 0 saturated carbocycles. The van der Waals surface area contributed by atoms with E-state index in [1.165, 1.54) is 4.68 Å². The summed E-state index contributed by atoms with van der Waals surface area (Å²) in [6.07, 6.45) is 0. The summed E-state index contributed by atoms with van der Waals surface area (Å²) in [4.78, 5) is 12.0. The molecule has 0 amide bonds. The van der Waals surface area contributed by atoms with Crippen molar-refractivity contribution in [2.24, 2.45) is 0 Å². The highest BCUT2D eigenvalue weighted by molar-refractivity contribution is 5.54. The zero-order valence-corrected chi connectivity index (χ0v) is 9.40. The summed E-state index contributed by atoms with van der Waals surface area (Å²) in [5.41, 5.74) is 2.39. The molecule has 0 aliphatic heterocycles. The van der Waals surface area contributed by atoms with E-state index in [-0.39, 0.29) is 5.56 Å². The van der Waals surface area contributed by atoms with Crippen LogP contribution in [0.3, 0.4) is 0 Å². The summed E-state index contributed by atoms with van der Waals surface area (Å²) in [5, 5.41) is 8.47. The minimum atomic E-state index is -0.0683. The molecule has 2 heterocycles. The van der Waals surface area contributed by atoms with Crippen molar-refractivity contribution in [3.8, 4) is 0 Å². The van der Waals surface area contributed by atoms with E-state index in [1.807, 2.05) is 27.7 Å². The first-order chi connectivity index (χ1) is 7.06. The molecule has 0 aliphatic rings. The Morgan fingerprint density at radius 3 is 2.47 bits per heavy atom. The van der Waals surface area contributed by atoms with Crippen LogP contribution in [0.5, 0.6) is 0 Å². The monoisotopic (exact) mass is 206 g/mol.